The molecule has 1 N–H and O–H groups in total. The molecule has 10 heteroatoms. The van der Waals surface area contributed by atoms with E-state index in [9.17, 15) is 18.0 Å². The van der Waals surface area contributed by atoms with Gasteiger partial charge >= 0.3 is 0 Å². The molecular weight excluding hydrogens is 550 g/mol. The minimum absolute atomic E-state index is 0.0440. The number of nitrogens with one attached hydrogen (secondary N) is 1. The van der Waals surface area contributed by atoms with Crippen molar-refractivity contribution in [3.05, 3.63) is 88.9 Å². The first-order valence-corrected chi connectivity index (χ1v) is 14.9. The fourth-order valence-corrected chi connectivity index (χ4v) is 5.75. The van der Waals surface area contributed by atoms with Gasteiger partial charge in [-0.05, 0) is 69.2 Å². The SMILES string of the molecule is CC[C@@H](C(=O)NC(C)C)N(Cc1ccc(Cl)cc1)C(=O)CN(c1cccc(OC)c1)S(=O)(=O)c1ccc(C)cc1. The molecule has 0 aliphatic heterocycles. The van der Waals surface area contributed by atoms with Crippen molar-refractivity contribution in [2.45, 2.75) is 57.6 Å². The molecule has 0 spiro atoms. The Labute approximate surface area is 241 Å². The van der Waals surface area contributed by atoms with E-state index >= 15 is 0 Å². The fourth-order valence-electron chi connectivity index (χ4n) is 4.22. The predicted octanol–water partition coefficient (Wildman–Crippen LogP) is 5.18. The molecule has 0 heterocycles. The molecule has 0 radical (unpaired) electrons. The molecule has 0 bridgehead atoms. The number of amides is 2. The summed E-state index contributed by atoms with van der Waals surface area (Å²) in [5.41, 5.74) is 1.92. The molecule has 3 rings (SSSR count). The van der Waals surface area contributed by atoms with Crippen molar-refractivity contribution in [2.24, 2.45) is 0 Å². The van der Waals surface area contributed by atoms with Gasteiger partial charge in [-0.2, -0.15) is 0 Å². The lowest BCUT2D eigenvalue weighted by Gasteiger charge is -2.33. The van der Waals surface area contributed by atoms with Gasteiger partial charge in [-0.25, -0.2) is 8.42 Å². The van der Waals surface area contributed by atoms with Gasteiger partial charge in [0.25, 0.3) is 10.0 Å². The Morgan fingerprint density at radius 3 is 2.23 bits per heavy atom. The monoisotopic (exact) mass is 585 g/mol. The highest BCUT2D eigenvalue weighted by molar-refractivity contribution is 7.92. The summed E-state index contributed by atoms with van der Waals surface area (Å²) in [6, 6.07) is 19.0. The van der Waals surface area contributed by atoms with E-state index in [0.717, 1.165) is 15.4 Å². The number of methoxy groups -OCH3 is 1. The number of halogens is 1. The van der Waals surface area contributed by atoms with Gasteiger partial charge in [-0.1, -0.05) is 54.4 Å². The highest BCUT2D eigenvalue weighted by atomic mass is 35.5. The van der Waals surface area contributed by atoms with E-state index < -0.39 is 28.5 Å². The average molecular weight is 586 g/mol. The second-order valence-electron chi connectivity index (χ2n) is 9.76. The van der Waals surface area contributed by atoms with Crippen molar-refractivity contribution in [1.29, 1.82) is 0 Å². The minimum Gasteiger partial charge on any atom is -0.497 e. The molecule has 40 heavy (non-hydrogen) atoms. The van der Waals surface area contributed by atoms with Crippen LogP contribution in [0.4, 0.5) is 5.69 Å². The van der Waals surface area contributed by atoms with Gasteiger partial charge in [0.05, 0.1) is 17.7 Å². The smallest absolute Gasteiger partial charge is 0.264 e. The molecule has 214 valence electrons. The van der Waals surface area contributed by atoms with Crippen LogP contribution in [0.2, 0.25) is 5.02 Å². The lowest BCUT2D eigenvalue weighted by molar-refractivity contribution is -0.140. The topological polar surface area (TPSA) is 96.0 Å². The summed E-state index contributed by atoms with van der Waals surface area (Å²) in [5, 5.41) is 3.42. The zero-order valence-electron chi connectivity index (χ0n) is 23.4. The Morgan fingerprint density at radius 2 is 1.65 bits per heavy atom. The van der Waals surface area contributed by atoms with Gasteiger partial charge in [0.1, 0.15) is 18.3 Å². The van der Waals surface area contributed by atoms with Crippen LogP contribution in [0.1, 0.15) is 38.3 Å². The lowest BCUT2D eigenvalue weighted by Crippen LogP contribution is -2.53. The summed E-state index contributed by atoms with van der Waals surface area (Å²) in [4.78, 5) is 28.7. The zero-order valence-corrected chi connectivity index (χ0v) is 25.0. The van der Waals surface area contributed by atoms with Gasteiger partial charge in [-0.15, -0.1) is 0 Å². The molecule has 8 nitrogen and oxygen atoms in total. The molecule has 0 aliphatic rings. The minimum atomic E-state index is -4.16. The maximum atomic E-state index is 14.1. The van der Waals surface area contributed by atoms with Crippen LogP contribution in [-0.4, -0.2) is 50.9 Å². The number of nitrogens with zero attached hydrogens (tertiary/aromatic N) is 2. The molecule has 0 saturated carbocycles. The molecule has 0 aromatic heterocycles. The molecule has 0 aliphatic carbocycles. The van der Waals surface area contributed by atoms with Crippen molar-refractivity contribution in [1.82, 2.24) is 10.2 Å². The van der Waals surface area contributed by atoms with Gasteiger partial charge in [-0.3, -0.25) is 13.9 Å². The largest absolute Gasteiger partial charge is 0.497 e. The summed E-state index contributed by atoms with van der Waals surface area (Å²) in [6.07, 6.45) is 0.335. The van der Waals surface area contributed by atoms with Crippen molar-refractivity contribution in [3.8, 4) is 5.75 Å². The van der Waals surface area contributed by atoms with E-state index in [1.807, 2.05) is 27.7 Å². The van der Waals surface area contributed by atoms with Crippen LogP contribution in [0.25, 0.3) is 0 Å². The van der Waals surface area contributed by atoms with Crippen molar-refractivity contribution < 1.29 is 22.7 Å². The Hall–Kier alpha value is -3.56. The highest BCUT2D eigenvalue weighted by Gasteiger charge is 2.34. The third-order valence-electron chi connectivity index (χ3n) is 6.31. The Balaban J connectivity index is 2.08. The first-order chi connectivity index (χ1) is 19.0. The van der Waals surface area contributed by atoms with Crippen LogP contribution >= 0.6 is 11.6 Å². The zero-order chi connectivity index (χ0) is 29.4. The number of rotatable bonds is 12. The number of anilines is 1. The standard InChI is InChI=1S/C30H36ClN3O5S/c1-6-28(30(36)32-21(2)3)33(19-23-12-14-24(31)15-13-23)29(35)20-34(25-8-7-9-26(18-25)39-5)40(37,38)27-16-10-22(4)11-17-27/h7-18,21,28H,6,19-20H2,1-5H3,(H,32,36)/t28-/m0/s1. The van der Waals surface area contributed by atoms with Crippen LogP contribution in [0, 0.1) is 6.92 Å². The van der Waals surface area contributed by atoms with E-state index in [-0.39, 0.29) is 29.1 Å². The predicted molar refractivity (Wildman–Crippen MR) is 158 cm³/mol. The highest BCUT2D eigenvalue weighted by Crippen LogP contribution is 2.28. The molecule has 3 aromatic carbocycles. The molecule has 0 fully saturated rings. The Kier molecular flexibility index (Phi) is 10.6. The Bertz CT molecular complexity index is 1410. The van der Waals surface area contributed by atoms with Crippen molar-refractivity contribution in [2.75, 3.05) is 18.0 Å². The number of carbonyl (C=O) groups is 2. The third kappa shape index (κ3) is 7.76. The first kappa shape index (κ1) is 31.0. The number of benzene rings is 3. The normalized spacial score (nSPS) is 12.1. The number of ether oxygens (including phenoxy) is 1. The molecule has 2 amide bonds. The summed E-state index contributed by atoms with van der Waals surface area (Å²) >= 11 is 6.06. The molecule has 3 aromatic rings. The number of hydrogen-bond donors (Lipinski definition) is 1. The van der Waals surface area contributed by atoms with Gasteiger partial charge in [0, 0.05) is 23.7 Å². The van der Waals surface area contributed by atoms with Crippen molar-refractivity contribution >= 4 is 39.1 Å². The van der Waals surface area contributed by atoms with Crippen LogP contribution in [0.15, 0.2) is 77.7 Å². The summed E-state index contributed by atoms with van der Waals surface area (Å²) in [7, 11) is -2.68. The van der Waals surface area contributed by atoms with E-state index in [4.69, 9.17) is 16.3 Å². The van der Waals surface area contributed by atoms with E-state index in [1.165, 1.54) is 24.1 Å². The van der Waals surface area contributed by atoms with E-state index in [0.29, 0.717) is 17.2 Å². The summed E-state index contributed by atoms with van der Waals surface area (Å²) in [6.45, 7) is 6.93. The van der Waals surface area contributed by atoms with Crippen molar-refractivity contribution in [3.63, 3.8) is 0 Å². The van der Waals surface area contributed by atoms with Gasteiger partial charge < -0.3 is 15.0 Å². The second kappa shape index (κ2) is 13.7. The summed E-state index contributed by atoms with van der Waals surface area (Å²) < 4.78 is 34.3. The average Bonchev–Trinajstić information content (AvgIpc) is 2.92. The molecule has 0 saturated heterocycles. The molecule has 0 unspecified atom stereocenters. The maximum Gasteiger partial charge on any atom is 0.264 e. The van der Waals surface area contributed by atoms with Crippen LogP contribution < -0.4 is 14.4 Å². The number of carbonyl (C=O) groups excluding carboxylic acids is 2. The van der Waals surface area contributed by atoms with E-state index in [2.05, 4.69) is 5.32 Å². The molecule has 1 atom stereocenters. The first-order valence-electron chi connectivity index (χ1n) is 13.0. The molecular formula is C30H36ClN3O5S. The number of aryl methyl sites for hydroxylation is 1. The fraction of sp³-hybridized carbons (Fsp3) is 0.333. The van der Waals surface area contributed by atoms with Crippen LogP contribution in [-0.2, 0) is 26.2 Å². The maximum absolute atomic E-state index is 14.1. The van der Waals surface area contributed by atoms with Crippen LogP contribution in [0.5, 0.6) is 5.75 Å². The Morgan fingerprint density at radius 1 is 1.00 bits per heavy atom. The summed E-state index contributed by atoms with van der Waals surface area (Å²) in [5.74, 6) is -0.400. The number of sulfonamides is 1. The quantitative estimate of drug-likeness (QED) is 0.316. The van der Waals surface area contributed by atoms with Gasteiger partial charge in [0.2, 0.25) is 11.8 Å². The van der Waals surface area contributed by atoms with Gasteiger partial charge in [0.15, 0.2) is 0 Å². The van der Waals surface area contributed by atoms with Crippen LogP contribution in [0.3, 0.4) is 0 Å². The second-order valence-corrected chi connectivity index (χ2v) is 12.1. The number of hydrogen-bond acceptors (Lipinski definition) is 5. The lowest BCUT2D eigenvalue weighted by atomic mass is 10.1. The van der Waals surface area contributed by atoms with E-state index in [1.54, 1.807) is 60.7 Å². The third-order valence-corrected chi connectivity index (χ3v) is 8.35.